The van der Waals surface area contributed by atoms with Gasteiger partial charge >= 0.3 is 5.97 Å². The lowest BCUT2D eigenvalue weighted by Gasteiger charge is -2.09. The maximum Gasteiger partial charge on any atom is 0.339 e. The maximum absolute atomic E-state index is 11.9. The van der Waals surface area contributed by atoms with Crippen LogP contribution in [0.1, 0.15) is 17.3 Å². The van der Waals surface area contributed by atoms with E-state index in [4.69, 9.17) is 4.74 Å². The van der Waals surface area contributed by atoms with Gasteiger partial charge in [-0.05, 0) is 47.1 Å². The second-order valence-corrected chi connectivity index (χ2v) is 5.69. The van der Waals surface area contributed by atoms with E-state index in [9.17, 15) is 4.79 Å². The molecular formula is C15H13BrO2S. The van der Waals surface area contributed by atoms with Gasteiger partial charge in [0.15, 0.2) is 0 Å². The van der Waals surface area contributed by atoms with Gasteiger partial charge in [-0.1, -0.05) is 36.0 Å². The number of hydrogen-bond acceptors (Lipinski definition) is 3. The zero-order chi connectivity index (χ0) is 13.7. The second-order valence-electron chi connectivity index (χ2n) is 3.75. The fourth-order valence-electron chi connectivity index (χ4n) is 1.58. The van der Waals surface area contributed by atoms with Crippen LogP contribution in [-0.4, -0.2) is 12.6 Å². The minimum atomic E-state index is -0.280. The van der Waals surface area contributed by atoms with E-state index in [1.54, 1.807) is 24.8 Å². The van der Waals surface area contributed by atoms with Crippen molar-refractivity contribution < 1.29 is 9.53 Å². The van der Waals surface area contributed by atoms with E-state index < -0.39 is 0 Å². The van der Waals surface area contributed by atoms with E-state index in [0.29, 0.717) is 12.2 Å². The second kappa shape index (κ2) is 6.78. The molecule has 0 aliphatic rings. The summed E-state index contributed by atoms with van der Waals surface area (Å²) in [7, 11) is 0. The Morgan fingerprint density at radius 3 is 2.42 bits per heavy atom. The zero-order valence-electron chi connectivity index (χ0n) is 10.4. The van der Waals surface area contributed by atoms with Crippen molar-refractivity contribution in [2.45, 2.75) is 16.7 Å². The summed E-state index contributed by atoms with van der Waals surface area (Å²) in [5.41, 5.74) is 0.602. The molecule has 0 fully saturated rings. The van der Waals surface area contributed by atoms with Gasteiger partial charge in [0, 0.05) is 14.3 Å². The number of halogens is 1. The fourth-order valence-corrected chi connectivity index (χ4v) is 3.06. The molecule has 4 heteroatoms. The summed E-state index contributed by atoms with van der Waals surface area (Å²) in [5.74, 6) is -0.280. The van der Waals surface area contributed by atoms with E-state index in [1.165, 1.54) is 0 Å². The Balaban J connectivity index is 2.30. The average Bonchev–Trinajstić information content (AvgIpc) is 2.42. The van der Waals surface area contributed by atoms with Crippen molar-refractivity contribution in [3.63, 3.8) is 0 Å². The molecule has 19 heavy (non-hydrogen) atoms. The average molecular weight is 337 g/mol. The molecule has 2 aromatic carbocycles. The normalized spacial score (nSPS) is 10.2. The van der Waals surface area contributed by atoms with Crippen molar-refractivity contribution in [1.29, 1.82) is 0 Å². The summed E-state index contributed by atoms with van der Waals surface area (Å²) < 4.78 is 6.09. The van der Waals surface area contributed by atoms with E-state index in [-0.39, 0.29) is 5.97 Å². The minimum absolute atomic E-state index is 0.280. The molecule has 0 amide bonds. The molecule has 0 N–H and O–H groups in total. The number of esters is 1. The van der Waals surface area contributed by atoms with Gasteiger partial charge < -0.3 is 4.74 Å². The van der Waals surface area contributed by atoms with Gasteiger partial charge in [0.1, 0.15) is 0 Å². The number of benzene rings is 2. The number of hydrogen-bond donors (Lipinski definition) is 0. The molecule has 0 radical (unpaired) electrons. The Morgan fingerprint density at radius 2 is 1.74 bits per heavy atom. The number of rotatable bonds is 4. The predicted octanol–water partition coefficient (Wildman–Crippen LogP) is 4.78. The highest BCUT2D eigenvalue weighted by Crippen LogP contribution is 2.35. The van der Waals surface area contributed by atoms with Crippen LogP contribution in [0.15, 0.2) is 62.8 Å². The van der Waals surface area contributed by atoms with Crippen LogP contribution in [0.25, 0.3) is 0 Å². The van der Waals surface area contributed by atoms with Crippen molar-refractivity contribution >= 4 is 33.7 Å². The van der Waals surface area contributed by atoms with E-state index in [2.05, 4.69) is 15.9 Å². The Morgan fingerprint density at radius 1 is 1.11 bits per heavy atom. The Hall–Kier alpha value is -1.26. The third-order valence-corrected chi connectivity index (χ3v) is 4.54. The first-order valence-electron chi connectivity index (χ1n) is 5.91. The fraction of sp³-hybridized carbons (Fsp3) is 0.133. The summed E-state index contributed by atoms with van der Waals surface area (Å²) in [6, 6.07) is 15.4. The van der Waals surface area contributed by atoms with Crippen molar-refractivity contribution in [3.05, 3.63) is 58.6 Å². The van der Waals surface area contributed by atoms with E-state index in [1.807, 2.05) is 42.5 Å². The van der Waals surface area contributed by atoms with Crippen LogP contribution in [0.4, 0.5) is 0 Å². The molecule has 0 saturated carbocycles. The molecule has 2 rings (SSSR count). The van der Waals surface area contributed by atoms with Crippen molar-refractivity contribution in [1.82, 2.24) is 0 Å². The van der Waals surface area contributed by atoms with E-state index in [0.717, 1.165) is 14.3 Å². The summed E-state index contributed by atoms with van der Waals surface area (Å²) in [6.07, 6.45) is 0. The smallest absolute Gasteiger partial charge is 0.339 e. The predicted molar refractivity (Wildman–Crippen MR) is 80.7 cm³/mol. The number of ether oxygens (including phenoxy) is 1. The first kappa shape index (κ1) is 14.2. The van der Waals surface area contributed by atoms with Gasteiger partial charge in [0.2, 0.25) is 0 Å². The molecule has 2 aromatic rings. The van der Waals surface area contributed by atoms with E-state index >= 15 is 0 Å². The van der Waals surface area contributed by atoms with Crippen molar-refractivity contribution in [3.8, 4) is 0 Å². The zero-order valence-corrected chi connectivity index (χ0v) is 12.8. The van der Waals surface area contributed by atoms with Gasteiger partial charge in [-0.25, -0.2) is 4.79 Å². The molecule has 0 spiro atoms. The lowest BCUT2D eigenvalue weighted by Crippen LogP contribution is -2.05. The minimum Gasteiger partial charge on any atom is -0.462 e. The topological polar surface area (TPSA) is 26.3 Å². The monoisotopic (exact) mass is 336 g/mol. The Bertz CT molecular complexity index is 584. The van der Waals surface area contributed by atoms with Gasteiger partial charge in [-0.2, -0.15) is 0 Å². The quantitative estimate of drug-likeness (QED) is 0.751. The van der Waals surface area contributed by atoms with Gasteiger partial charge in [0.25, 0.3) is 0 Å². The maximum atomic E-state index is 11.9. The molecule has 0 saturated heterocycles. The molecule has 0 unspecified atom stereocenters. The largest absolute Gasteiger partial charge is 0.462 e. The van der Waals surface area contributed by atoms with Crippen LogP contribution in [0.3, 0.4) is 0 Å². The molecule has 2 nitrogen and oxygen atoms in total. The Kier molecular flexibility index (Phi) is 5.05. The van der Waals surface area contributed by atoms with Crippen LogP contribution in [0.2, 0.25) is 0 Å². The molecular weight excluding hydrogens is 324 g/mol. The van der Waals surface area contributed by atoms with Crippen molar-refractivity contribution in [2.75, 3.05) is 6.61 Å². The van der Waals surface area contributed by atoms with Gasteiger partial charge in [0.05, 0.1) is 12.2 Å². The first-order valence-corrected chi connectivity index (χ1v) is 7.52. The molecule has 0 aromatic heterocycles. The van der Waals surface area contributed by atoms with Crippen LogP contribution >= 0.6 is 27.7 Å². The molecule has 0 aliphatic carbocycles. The Labute approximate surface area is 125 Å². The summed E-state index contributed by atoms with van der Waals surface area (Å²) >= 11 is 5.06. The number of carbonyl (C=O) groups excluding carboxylic acids is 1. The third-order valence-electron chi connectivity index (χ3n) is 2.44. The van der Waals surface area contributed by atoms with Crippen LogP contribution in [0, 0.1) is 0 Å². The van der Waals surface area contributed by atoms with Gasteiger partial charge in [-0.3, -0.25) is 0 Å². The van der Waals surface area contributed by atoms with Crippen LogP contribution in [-0.2, 0) is 4.74 Å². The molecule has 0 heterocycles. The molecule has 0 aliphatic heterocycles. The molecule has 0 bridgehead atoms. The highest BCUT2D eigenvalue weighted by atomic mass is 79.9. The van der Waals surface area contributed by atoms with Crippen LogP contribution < -0.4 is 0 Å². The van der Waals surface area contributed by atoms with Gasteiger partial charge in [-0.15, -0.1) is 0 Å². The first-order chi connectivity index (χ1) is 9.22. The summed E-state index contributed by atoms with van der Waals surface area (Å²) in [6.45, 7) is 2.19. The third kappa shape index (κ3) is 3.61. The highest BCUT2D eigenvalue weighted by molar-refractivity contribution is 9.10. The number of carbonyl (C=O) groups is 1. The highest BCUT2D eigenvalue weighted by Gasteiger charge is 2.13. The summed E-state index contributed by atoms with van der Waals surface area (Å²) in [4.78, 5) is 13.9. The van der Waals surface area contributed by atoms with Crippen LogP contribution in [0.5, 0.6) is 0 Å². The standard InChI is InChI=1S/C15H13BrO2S/c1-2-18-15(17)11-7-3-5-9-13(11)19-14-10-6-4-8-12(14)16/h3-10H,2H2,1H3. The molecule has 98 valence electrons. The summed E-state index contributed by atoms with van der Waals surface area (Å²) in [5, 5.41) is 0. The SMILES string of the molecule is CCOC(=O)c1ccccc1Sc1ccccc1Br. The molecule has 0 atom stereocenters. The van der Waals surface area contributed by atoms with Crippen molar-refractivity contribution in [2.24, 2.45) is 0 Å². The lowest BCUT2D eigenvalue weighted by molar-refractivity contribution is 0.0522. The lowest BCUT2D eigenvalue weighted by atomic mass is 10.2.